The summed E-state index contributed by atoms with van der Waals surface area (Å²) < 4.78 is 1.09. The first kappa shape index (κ1) is 16.2. The summed E-state index contributed by atoms with van der Waals surface area (Å²) in [5.41, 5.74) is 6.84. The second kappa shape index (κ2) is 7.17. The quantitative estimate of drug-likeness (QED) is 0.906. The molecule has 1 aliphatic rings. The molecule has 0 radical (unpaired) electrons. The number of halogens is 1. The van der Waals surface area contributed by atoms with Gasteiger partial charge in [0.05, 0.1) is 16.8 Å². The maximum Gasteiger partial charge on any atom is 0.240 e. The predicted octanol–water partition coefficient (Wildman–Crippen LogP) is 2.08. The molecule has 3 rings (SSSR count). The van der Waals surface area contributed by atoms with E-state index in [1.165, 1.54) is 11.3 Å². The van der Waals surface area contributed by atoms with Crippen LogP contribution in [0.3, 0.4) is 0 Å². The fourth-order valence-corrected chi connectivity index (χ4v) is 3.40. The average Bonchev–Trinajstić information content (AvgIpc) is 2.80. The zero-order valence-corrected chi connectivity index (χ0v) is 13.3. The molecule has 0 saturated carbocycles. The first-order valence-corrected chi connectivity index (χ1v) is 7.66. The molecule has 0 spiro atoms. The number of likely N-dealkylation sites (tertiary alicyclic amines) is 1. The van der Waals surface area contributed by atoms with E-state index in [2.05, 4.69) is 15.2 Å². The number of hydrogen-bond acceptors (Lipinski definition) is 5. The Labute approximate surface area is 133 Å². The molecule has 1 aliphatic heterocycles. The largest absolute Gasteiger partial charge is 0.327 e. The lowest BCUT2D eigenvalue weighted by atomic mass is 10.1. The summed E-state index contributed by atoms with van der Waals surface area (Å²) in [6.45, 7) is 2.14. The van der Waals surface area contributed by atoms with E-state index in [0.717, 1.165) is 36.1 Å². The van der Waals surface area contributed by atoms with E-state index in [9.17, 15) is 4.79 Å². The number of aromatic nitrogens is 1. The molecular formula is C14H19ClN4OS. The molecule has 1 amide bonds. The first-order valence-electron chi connectivity index (χ1n) is 6.84. The number of thiazole rings is 1. The third-order valence-electron chi connectivity index (χ3n) is 3.45. The van der Waals surface area contributed by atoms with Crippen molar-refractivity contribution in [2.45, 2.75) is 18.9 Å². The van der Waals surface area contributed by atoms with Crippen molar-refractivity contribution in [3.05, 3.63) is 24.3 Å². The number of hydrogen-bond donors (Lipinski definition) is 2. The van der Waals surface area contributed by atoms with Gasteiger partial charge in [-0.2, -0.15) is 0 Å². The Balaban J connectivity index is 0.00000161. The van der Waals surface area contributed by atoms with Gasteiger partial charge in [-0.05, 0) is 31.5 Å². The molecule has 0 aliphatic carbocycles. The minimum Gasteiger partial charge on any atom is -0.327 e. The summed E-state index contributed by atoms with van der Waals surface area (Å²) in [6.07, 6.45) is 2.12. The number of carbonyl (C=O) groups excluding carboxylic acids is 1. The van der Waals surface area contributed by atoms with Crippen molar-refractivity contribution in [2.75, 3.05) is 25.0 Å². The number of anilines is 1. The Morgan fingerprint density at radius 3 is 3.05 bits per heavy atom. The summed E-state index contributed by atoms with van der Waals surface area (Å²) in [6, 6.07) is 8.07. The average molecular weight is 327 g/mol. The molecule has 21 heavy (non-hydrogen) atoms. The van der Waals surface area contributed by atoms with Crippen molar-refractivity contribution in [3.8, 4) is 0 Å². The minimum absolute atomic E-state index is 0. The van der Waals surface area contributed by atoms with Crippen LogP contribution in [0, 0.1) is 0 Å². The summed E-state index contributed by atoms with van der Waals surface area (Å²) in [5, 5.41) is 3.54. The molecule has 5 nitrogen and oxygen atoms in total. The molecule has 114 valence electrons. The highest BCUT2D eigenvalue weighted by Gasteiger charge is 2.19. The Bertz CT molecular complexity index is 585. The smallest absolute Gasteiger partial charge is 0.240 e. The van der Waals surface area contributed by atoms with Crippen molar-refractivity contribution >= 4 is 45.0 Å². The molecular weight excluding hydrogens is 308 g/mol. The fraction of sp³-hybridized carbons (Fsp3) is 0.429. The lowest BCUT2D eigenvalue weighted by Gasteiger charge is -2.29. The summed E-state index contributed by atoms with van der Waals surface area (Å²) in [4.78, 5) is 18.5. The van der Waals surface area contributed by atoms with Gasteiger partial charge in [0.1, 0.15) is 0 Å². The maximum atomic E-state index is 12.0. The number of nitrogens with two attached hydrogens (primary N) is 1. The number of carbonyl (C=O) groups is 1. The van der Waals surface area contributed by atoms with E-state index in [-0.39, 0.29) is 24.4 Å². The number of piperidine rings is 1. The zero-order valence-electron chi connectivity index (χ0n) is 11.6. The van der Waals surface area contributed by atoms with Crippen molar-refractivity contribution in [2.24, 2.45) is 5.73 Å². The number of fused-ring (bicyclic) bond motifs is 1. The highest BCUT2D eigenvalue weighted by atomic mass is 35.5. The van der Waals surface area contributed by atoms with Crippen molar-refractivity contribution in [1.82, 2.24) is 9.88 Å². The minimum atomic E-state index is -0.0156. The van der Waals surface area contributed by atoms with Crippen molar-refractivity contribution < 1.29 is 4.79 Å². The van der Waals surface area contributed by atoms with Gasteiger partial charge in [0.25, 0.3) is 0 Å². The van der Waals surface area contributed by atoms with Gasteiger partial charge in [0.15, 0.2) is 5.13 Å². The SMILES string of the molecule is Cl.NC1CCCN(CC(=O)Nc2nc3ccccc3s2)C1. The molecule has 1 unspecified atom stereocenters. The van der Waals surface area contributed by atoms with Crippen LogP contribution in [0.4, 0.5) is 5.13 Å². The Kier molecular flexibility index (Phi) is 5.52. The van der Waals surface area contributed by atoms with Crippen LogP contribution in [0.25, 0.3) is 10.2 Å². The van der Waals surface area contributed by atoms with Crippen LogP contribution in [0.2, 0.25) is 0 Å². The lowest BCUT2D eigenvalue weighted by molar-refractivity contribution is -0.117. The van der Waals surface area contributed by atoms with Gasteiger partial charge in [-0.15, -0.1) is 12.4 Å². The Morgan fingerprint density at radius 2 is 2.29 bits per heavy atom. The second-order valence-corrected chi connectivity index (χ2v) is 6.20. The van der Waals surface area contributed by atoms with Crippen LogP contribution in [0.1, 0.15) is 12.8 Å². The molecule has 2 aromatic rings. The van der Waals surface area contributed by atoms with E-state index in [0.29, 0.717) is 11.7 Å². The lowest BCUT2D eigenvalue weighted by Crippen LogP contribution is -2.45. The molecule has 3 N–H and O–H groups in total. The standard InChI is InChI=1S/C14H18N4OS.ClH/c15-10-4-3-7-18(8-10)9-13(19)17-14-16-11-5-1-2-6-12(11)20-14;/h1-2,5-6,10H,3-4,7-9,15H2,(H,16,17,19);1H. The summed E-state index contributed by atoms with van der Waals surface area (Å²) in [5.74, 6) is -0.0156. The van der Waals surface area contributed by atoms with Gasteiger partial charge < -0.3 is 11.1 Å². The second-order valence-electron chi connectivity index (χ2n) is 5.17. The summed E-state index contributed by atoms with van der Waals surface area (Å²) >= 11 is 1.50. The highest BCUT2D eigenvalue weighted by Crippen LogP contribution is 2.25. The van der Waals surface area contributed by atoms with Crippen molar-refractivity contribution in [3.63, 3.8) is 0 Å². The molecule has 1 saturated heterocycles. The van der Waals surface area contributed by atoms with Crippen LogP contribution in [0.5, 0.6) is 0 Å². The van der Waals surface area contributed by atoms with Gasteiger partial charge in [-0.3, -0.25) is 9.69 Å². The van der Waals surface area contributed by atoms with Crippen LogP contribution in [-0.2, 0) is 4.79 Å². The van der Waals surface area contributed by atoms with Crippen molar-refractivity contribution in [1.29, 1.82) is 0 Å². The molecule has 7 heteroatoms. The number of rotatable bonds is 3. The van der Waals surface area contributed by atoms with E-state index >= 15 is 0 Å². The first-order chi connectivity index (χ1) is 9.70. The molecule has 1 fully saturated rings. The van der Waals surface area contributed by atoms with Gasteiger partial charge >= 0.3 is 0 Å². The molecule has 1 aromatic carbocycles. The number of nitrogens with zero attached hydrogens (tertiary/aromatic N) is 2. The third kappa shape index (κ3) is 4.14. The van der Waals surface area contributed by atoms with Gasteiger partial charge in [-0.25, -0.2) is 4.98 Å². The van der Waals surface area contributed by atoms with E-state index in [1.807, 2.05) is 24.3 Å². The highest BCUT2D eigenvalue weighted by molar-refractivity contribution is 7.22. The van der Waals surface area contributed by atoms with Gasteiger partial charge in [0.2, 0.25) is 5.91 Å². The monoisotopic (exact) mass is 326 g/mol. The van der Waals surface area contributed by atoms with E-state index in [4.69, 9.17) is 5.73 Å². The molecule has 1 atom stereocenters. The third-order valence-corrected chi connectivity index (χ3v) is 4.40. The van der Waals surface area contributed by atoms with E-state index in [1.54, 1.807) is 0 Å². The number of benzene rings is 1. The van der Waals surface area contributed by atoms with Crippen LogP contribution >= 0.6 is 23.7 Å². The summed E-state index contributed by atoms with van der Waals surface area (Å²) in [7, 11) is 0. The Morgan fingerprint density at radius 1 is 1.48 bits per heavy atom. The maximum absolute atomic E-state index is 12.0. The Hall–Kier alpha value is -1.21. The molecule has 2 heterocycles. The predicted molar refractivity (Wildman–Crippen MR) is 89.1 cm³/mol. The molecule has 0 bridgehead atoms. The normalized spacial score (nSPS) is 19.2. The number of para-hydroxylation sites is 1. The molecule has 1 aromatic heterocycles. The topological polar surface area (TPSA) is 71.2 Å². The zero-order chi connectivity index (χ0) is 13.9. The fourth-order valence-electron chi connectivity index (χ4n) is 2.52. The van der Waals surface area contributed by atoms with Crippen LogP contribution in [0.15, 0.2) is 24.3 Å². The van der Waals surface area contributed by atoms with Gasteiger partial charge in [0, 0.05) is 12.6 Å². The van der Waals surface area contributed by atoms with Crippen LogP contribution < -0.4 is 11.1 Å². The van der Waals surface area contributed by atoms with Crippen LogP contribution in [-0.4, -0.2) is 41.5 Å². The van der Waals surface area contributed by atoms with E-state index < -0.39 is 0 Å². The number of nitrogens with one attached hydrogen (secondary N) is 1. The number of amides is 1. The van der Waals surface area contributed by atoms with Gasteiger partial charge in [-0.1, -0.05) is 23.5 Å².